The van der Waals surface area contributed by atoms with Crippen LogP contribution in [0.3, 0.4) is 0 Å². The fraction of sp³-hybridized carbons (Fsp3) is 0.0227. The van der Waals surface area contributed by atoms with Crippen LogP contribution in [0, 0.1) is 0 Å². The SMILES string of the molecule is c1ccc(-c2nc(-c3ccccc3)nc(-c3cc(-c4cccc5c4oc4cc6c(cc45)OC(c4ccccc4)N6)c4ccccc4c3)n2)cc1. The zero-order valence-corrected chi connectivity index (χ0v) is 26.7. The third kappa shape index (κ3) is 4.77. The summed E-state index contributed by atoms with van der Waals surface area (Å²) in [6.45, 7) is 0. The number of rotatable bonds is 5. The van der Waals surface area contributed by atoms with E-state index in [4.69, 9.17) is 24.1 Å². The topological polar surface area (TPSA) is 73.1 Å². The Morgan fingerprint density at radius 1 is 0.480 bits per heavy atom. The summed E-state index contributed by atoms with van der Waals surface area (Å²) < 4.78 is 13.1. The molecule has 236 valence electrons. The van der Waals surface area contributed by atoms with Gasteiger partial charge in [0.25, 0.3) is 0 Å². The van der Waals surface area contributed by atoms with E-state index in [1.165, 1.54) is 0 Å². The average molecular weight is 645 g/mol. The number of fused-ring (bicyclic) bond motifs is 5. The van der Waals surface area contributed by atoms with Gasteiger partial charge in [0.05, 0.1) is 5.69 Å². The third-order valence-electron chi connectivity index (χ3n) is 9.34. The summed E-state index contributed by atoms with van der Waals surface area (Å²) in [4.78, 5) is 15.0. The number of anilines is 1. The lowest BCUT2D eigenvalue weighted by atomic mass is 9.94. The molecule has 1 aliphatic rings. The molecular formula is C44H28N4O2. The molecule has 0 fully saturated rings. The molecule has 9 aromatic rings. The quantitative estimate of drug-likeness (QED) is 0.201. The number of furan rings is 1. The minimum absolute atomic E-state index is 0.242. The molecule has 6 nitrogen and oxygen atoms in total. The van der Waals surface area contributed by atoms with E-state index in [1.54, 1.807) is 0 Å². The van der Waals surface area contributed by atoms with Gasteiger partial charge in [0.15, 0.2) is 23.7 Å². The van der Waals surface area contributed by atoms with Crippen molar-refractivity contribution in [3.8, 4) is 51.0 Å². The van der Waals surface area contributed by atoms with E-state index >= 15 is 0 Å². The molecule has 0 amide bonds. The lowest BCUT2D eigenvalue weighted by Gasteiger charge is -2.13. The van der Waals surface area contributed by atoms with Crippen LogP contribution in [0.5, 0.6) is 5.75 Å². The van der Waals surface area contributed by atoms with Crippen molar-refractivity contribution in [3.05, 3.63) is 163 Å². The second-order valence-corrected chi connectivity index (χ2v) is 12.5. The fourth-order valence-electron chi connectivity index (χ4n) is 6.92. The predicted molar refractivity (Wildman–Crippen MR) is 200 cm³/mol. The standard InChI is InChI=1S/C44H28N4O2/c1-4-13-27(14-5-1)41-46-42(28-15-6-2-7-16-28)48-43(47-41)31-23-30-19-10-11-20-32(30)35(24-31)33-21-12-22-34-36-25-39-37(26-38(36)49-40(33)34)45-44(50-39)29-17-8-3-9-18-29/h1-26,44-45H. The summed E-state index contributed by atoms with van der Waals surface area (Å²) in [6.07, 6.45) is -0.242. The van der Waals surface area contributed by atoms with Crippen LogP contribution in [0.1, 0.15) is 11.8 Å². The Morgan fingerprint density at radius 2 is 1.10 bits per heavy atom. The van der Waals surface area contributed by atoms with Gasteiger partial charge in [-0.1, -0.05) is 133 Å². The molecule has 3 heterocycles. The monoisotopic (exact) mass is 644 g/mol. The lowest BCUT2D eigenvalue weighted by molar-refractivity contribution is 0.260. The van der Waals surface area contributed by atoms with Crippen LogP contribution in [-0.2, 0) is 0 Å². The van der Waals surface area contributed by atoms with Crippen LogP contribution in [0.2, 0.25) is 0 Å². The number of hydrogen-bond acceptors (Lipinski definition) is 6. The number of ether oxygens (including phenoxy) is 1. The Hall–Kier alpha value is -6.79. The molecule has 0 radical (unpaired) electrons. The van der Waals surface area contributed by atoms with Gasteiger partial charge in [0.2, 0.25) is 0 Å². The molecule has 2 aromatic heterocycles. The minimum Gasteiger partial charge on any atom is -0.464 e. The molecule has 1 unspecified atom stereocenters. The lowest BCUT2D eigenvalue weighted by Crippen LogP contribution is -2.09. The summed E-state index contributed by atoms with van der Waals surface area (Å²) >= 11 is 0. The molecule has 7 aromatic carbocycles. The normalized spacial score (nSPS) is 13.7. The molecule has 0 bridgehead atoms. The highest BCUT2D eigenvalue weighted by Crippen LogP contribution is 2.45. The van der Waals surface area contributed by atoms with E-state index in [0.717, 1.165) is 77.5 Å². The first kappa shape index (κ1) is 28.2. The summed E-state index contributed by atoms with van der Waals surface area (Å²) in [7, 11) is 0. The van der Waals surface area contributed by atoms with Crippen molar-refractivity contribution in [1.29, 1.82) is 0 Å². The van der Waals surface area contributed by atoms with Crippen LogP contribution >= 0.6 is 0 Å². The molecule has 1 N–H and O–H groups in total. The summed E-state index contributed by atoms with van der Waals surface area (Å²) in [5.74, 6) is 2.67. The first-order valence-electron chi connectivity index (χ1n) is 16.6. The Morgan fingerprint density at radius 3 is 1.82 bits per heavy atom. The van der Waals surface area contributed by atoms with Crippen LogP contribution in [0.4, 0.5) is 5.69 Å². The van der Waals surface area contributed by atoms with Gasteiger partial charge in [0.1, 0.15) is 16.9 Å². The molecule has 6 heteroatoms. The van der Waals surface area contributed by atoms with Gasteiger partial charge in [-0.05, 0) is 34.5 Å². The van der Waals surface area contributed by atoms with E-state index in [1.807, 2.05) is 84.9 Å². The second-order valence-electron chi connectivity index (χ2n) is 12.5. The van der Waals surface area contributed by atoms with Crippen molar-refractivity contribution in [2.75, 3.05) is 5.32 Å². The van der Waals surface area contributed by atoms with E-state index < -0.39 is 0 Å². The van der Waals surface area contributed by atoms with Gasteiger partial charge >= 0.3 is 0 Å². The average Bonchev–Trinajstić information content (AvgIpc) is 3.78. The van der Waals surface area contributed by atoms with Gasteiger partial charge in [-0.3, -0.25) is 0 Å². The number of nitrogens with one attached hydrogen (secondary N) is 1. The van der Waals surface area contributed by atoms with Crippen LogP contribution in [0.25, 0.3) is 78.0 Å². The Kier molecular flexibility index (Phi) is 6.45. The van der Waals surface area contributed by atoms with Gasteiger partial charge in [0, 0.05) is 44.7 Å². The predicted octanol–water partition coefficient (Wildman–Crippen LogP) is 11.1. The zero-order chi connectivity index (χ0) is 33.0. The zero-order valence-electron chi connectivity index (χ0n) is 26.7. The maximum Gasteiger partial charge on any atom is 0.196 e. The maximum atomic E-state index is 6.72. The fourth-order valence-corrected chi connectivity index (χ4v) is 6.92. The van der Waals surface area contributed by atoms with Gasteiger partial charge in [-0.15, -0.1) is 0 Å². The number of benzene rings is 7. The molecule has 10 rings (SSSR count). The third-order valence-corrected chi connectivity index (χ3v) is 9.34. The minimum atomic E-state index is -0.242. The van der Waals surface area contributed by atoms with Gasteiger partial charge in [-0.25, -0.2) is 15.0 Å². The van der Waals surface area contributed by atoms with E-state index in [2.05, 4.69) is 78.1 Å². The molecule has 0 saturated carbocycles. The van der Waals surface area contributed by atoms with Crippen molar-refractivity contribution < 1.29 is 9.15 Å². The molecule has 1 atom stereocenters. The van der Waals surface area contributed by atoms with E-state index in [-0.39, 0.29) is 6.23 Å². The molecule has 50 heavy (non-hydrogen) atoms. The number of nitrogens with zero attached hydrogens (tertiary/aromatic N) is 3. The van der Waals surface area contributed by atoms with Crippen molar-refractivity contribution in [2.24, 2.45) is 0 Å². The van der Waals surface area contributed by atoms with Gasteiger partial charge in [-0.2, -0.15) is 0 Å². The van der Waals surface area contributed by atoms with E-state index in [9.17, 15) is 0 Å². The van der Waals surface area contributed by atoms with Crippen molar-refractivity contribution >= 4 is 38.4 Å². The first-order chi connectivity index (χ1) is 24.7. The van der Waals surface area contributed by atoms with Gasteiger partial charge < -0.3 is 14.5 Å². The Balaban J connectivity index is 1.14. The van der Waals surface area contributed by atoms with Crippen LogP contribution < -0.4 is 10.1 Å². The number of aromatic nitrogens is 3. The van der Waals surface area contributed by atoms with Crippen LogP contribution in [-0.4, -0.2) is 15.0 Å². The second kappa shape index (κ2) is 11.4. The number of para-hydroxylation sites is 1. The summed E-state index contributed by atoms with van der Waals surface area (Å²) in [6, 6.07) is 53.5. The Bertz CT molecular complexity index is 2650. The highest BCUT2D eigenvalue weighted by atomic mass is 16.5. The summed E-state index contributed by atoms with van der Waals surface area (Å²) in [5, 5.41) is 7.75. The highest BCUT2D eigenvalue weighted by molar-refractivity contribution is 6.13. The number of hydrogen-bond donors (Lipinski definition) is 1. The Labute approximate surface area is 287 Å². The largest absolute Gasteiger partial charge is 0.464 e. The maximum absolute atomic E-state index is 6.72. The molecule has 0 saturated heterocycles. The van der Waals surface area contributed by atoms with E-state index in [0.29, 0.717) is 17.5 Å². The van der Waals surface area contributed by atoms with Crippen molar-refractivity contribution in [1.82, 2.24) is 15.0 Å². The smallest absolute Gasteiger partial charge is 0.196 e. The molecule has 1 aliphatic heterocycles. The van der Waals surface area contributed by atoms with Crippen molar-refractivity contribution in [3.63, 3.8) is 0 Å². The van der Waals surface area contributed by atoms with Crippen LogP contribution in [0.15, 0.2) is 162 Å². The first-order valence-corrected chi connectivity index (χ1v) is 16.6. The van der Waals surface area contributed by atoms with Crippen molar-refractivity contribution in [2.45, 2.75) is 6.23 Å². The molecular weight excluding hydrogens is 617 g/mol. The summed E-state index contributed by atoms with van der Waals surface area (Å²) in [5.41, 5.74) is 8.40. The molecule has 0 aliphatic carbocycles. The highest BCUT2D eigenvalue weighted by Gasteiger charge is 2.26. The molecule has 0 spiro atoms.